The normalized spacial score (nSPS) is 11.3. The highest BCUT2D eigenvalue weighted by Gasteiger charge is 2.06. The number of fused-ring (bicyclic) bond motifs is 1. The predicted octanol–water partition coefficient (Wildman–Crippen LogP) is 2.51. The van der Waals surface area contributed by atoms with Crippen LogP contribution in [0.1, 0.15) is 5.56 Å². The molecule has 102 valence electrons. The molecule has 0 unspecified atom stereocenters. The zero-order valence-electron chi connectivity index (χ0n) is 11.1. The molecule has 0 aliphatic rings. The summed E-state index contributed by atoms with van der Waals surface area (Å²) >= 11 is 1.53. The van der Waals surface area contributed by atoms with E-state index in [4.69, 9.17) is 10.5 Å². The standard InChI is InChI=1S/C14H19N3OS/c1-3-6-17(7-8-18-2)10-11-4-5-12-13(9-11)19-14(15)16-12/h3-5,9H,1,6-8,10H2,2H3,(H2,15,16). The van der Waals surface area contributed by atoms with Crippen molar-refractivity contribution in [2.75, 3.05) is 32.5 Å². The largest absolute Gasteiger partial charge is 0.383 e. The lowest BCUT2D eigenvalue weighted by molar-refractivity contribution is 0.151. The first-order chi connectivity index (χ1) is 9.22. The van der Waals surface area contributed by atoms with E-state index in [1.54, 1.807) is 7.11 Å². The smallest absolute Gasteiger partial charge is 0.181 e. The molecule has 2 aromatic rings. The topological polar surface area (TPSA) is 51.4 Å². The van der Waals surface area contributed by atoms with Crippen molar-refractivity contribution in [1.29, 1.82) is 0 Å². The molecule has 0 amide bonds. The fourth-order valence-corrected chi connectivity index (χ4v) is 2.78. The maximum atomic E-state index is 5.72. The molecule has 0 aliphatic heterocycles. The van der Waals surface area contributed by atoms with Crippen LogP contribution in [-0.4, -0.2) is 36.7 Å². The second-order valence-electron chi connectivity index (χ2n) is 4.37. The molecule has 2 N–H and O–H groups in total. The summed E-state index contributed by atoms with van der Waals surface area (Å²) in [5.74, 6) is 0. The molecule has 0 spiro atoms. The van der Waals surface area contributed by atoms with Gasteiger partial charge in [0, 0.05) is 26.7 Å². The Hall–Kier alpha value is -1.43. The van der Waals surface area contributed by atoms with E-state index in [1.165, 1.54) is 16.9 Å². The van der Waals surface area contributed by atoms with Crippen LogP contribution in [0.25, 0.3) is 10.2 Å². The van der Waals surface area contributed by atoms with Crippen LogP contribution < -0.4 is 5.73 Å². The minimum atomic E-state index is 0.620. The third kappa shape index (κ3) is 3.76. The number of methoxy groups -OCH3 is 1. The summed E-state index contributed by atoms with van der Waals surface area (Å²) in [4.78, 5) is 6.56. The summed E-state index contributed by atoms with van der Waals surface area (Å²) in [5, 5.41) is 0.620. The van der Waals surface area contributed by atoms with Crippen molar-refractivity contribution in [3.05, 3.63) is 36.4 Å². The molecule has 0 fully saturated rings. The maximum Gasteiger partial charge on any atom is 0.181 e. The van der Waals surface area contributed by atoms with Gasteiger partial charge in [-0.05, 0) is 17.7 Å². The quantitative estimate of drug-likeness (QED) is 0.790. The lowest BCUT2D eigenvalue weighted by atomic mass is 10.2. The summed E-state index contributed by atoms with van der Waals surface area (Å²) in [6.07, 6.45) is 1.92. The monoisotopic (exact) mass is 277 g/mol. The summed E-state index contributed by atoms with van der Waals surface area (Å²) in [7, 11) is 1.72. The fourth-order valence-electron chi connectivity index (χ4n) is 1.98. The molecule has 0 saturated heterocycles. The van der Waals surface area contributed by atoms with Crippen molar-refractivity contribution < 1.29 is 4.74 Å². The summed E-state index contributed by atoms with van der Waals surface area (Å²) in [6.45, 7) is 7.15. The average Bonchev–Trinajstić information content (AvgIpc) is 2.75. The van der Waals surface area contributed by atoms with Crippen LogP contribution >= 0.6 is 11.3 Å². The van der Waals surface area contributed by atoms with Crippen molar-refractivity contribution in [3.8, 4) is 0 Å². The first kappa shape index (κ1) is 14.0. The highest BCUT2D eigenvalue weighted by atomic mass is 32.1. The van der Waals surface area contributed by atoms with E-state index in [2.05, 4.69) is 28.6 Å². The number of rotatable bonds is 7. The molecule has 0 atom stereocenters. The number of hydrogen-bond acceptors (Lipinski definition) is 5. The number of ether oxygens (including phenoxy) is 1. The summed E-state index contributed by atoms with van der Waals surface area (Å²) in [6, 6.07) is 6.29. The van der Waals surface area contributed by atoms with Crippen molar-refractivity contribution >= 4 is 26.7 Å². The van der Waals surface area contributed by atoms with Crippen LogP contribution in [0.15, 0.2) is 30.9 Å². The van der Waals surface area contributed by atoms with Gasteiger partial charge in [-0.1, -0.05) is 23.5 Å². The molecule has 0 bridgehead atoms. The minimum Gasteiger partial charge on any atom is -0.383 e. The van der Waals surface area contributed by atoms with Crippen LogP contribution in [0.3, 0.4) is 0 Å². The number of thiazole rings is 1. The van der Waals surface area contributed by atoms with Crippen molar-refractivity contribution in [1.82, 2.24) is 9.88 Å². The number of benzene rings is 1. The highest BCUT2D eigenvalue weighted by Crippen LogP contribution is 2.25. The van der Waals surface area contributed by atoms with E-state index < -0.39 is 0 Å². The Balaban J connectivity index is 2.10. The van der Waals surface area contributed by atoms with Crippen LogP contribution in [-0.2, 0) is 11.3 Å². The van der Waals surface area contributed by atoms with Gasteiger partial charge >= 0.3 is 0 Å². The van der Waals surface area contributed by atoms with Gasteiger partial charge in [-0.25, -0.2) is 4.98 Å². The van der Waals surface area contributed by atoms with E-state index in [-0.39, 0.29) is 0 Å². The molecule has 0 saturated carbocycles. The van der Waals surface area contributed by atoms with E-state index >= 15 is 0 Å². The van der Waals surface area contributed by atoms with Crippen molar-refractivity contribution in [2.24, 2.45) is 0 Å². The molecule has 0 aliphatic carbocycles. The van der Waals surface area contributed by atoms with Crippen molar-refractivity contribution in [3.63, 3.8) is 0 Å². The third-order valence-corrected chi connectivity index (χ3v) is 3.72. The first-order valence-electron chi connectivity index (χ1n) is 6.20. The minimum absolute atomic E-state index is 0.620. The number of nitrogens with zero attached hydrogens (tertiary/aromatic N) is 2. The van der Waals surface area contributed by atoms with Gasteiger partial charge in [-0.2, -0.15) is 0 Å². The SMILES string of the molecule is C=CCN(CCOC)Cc1ccc2nc(N)sc2c1. The molecule has 4 nitrogen and oxygen atoms in total. The Bertz CT molecular complexity index is 553. The van der Waals surface area contributed by atoms with Crippen molar-refractivity contribution in [2.45, 2.75) is 6.54 Å². The fraction of sp³-hybridized carbons (Fsp3) is 0.357. The average molecular weight is 277 g/mol. The van der Waals surface area contributed by atoms with Crippen LogP contribution in [0.5, 0.6) is 0 Å². The van der Waals surface area contributed by atoms with Gasteiger partial charge in [-0.15, -0.1) is 6.58 Å². The summed E-state index contributed by atoms with van der Waals surface area (Å²) in [5.41, 5.74) is 7.95. The molecule has 1 heterocycles. The van der Waals surface area contributed by atoms with E-state index in [0.29, 0.717) is 5.13 Å². The molecule has 1 aromatic heterocycles. The zero-order chi connectivity index (χ0) is 13.7. The third-order valence-electron chi connectivity index (χ3n) is 2.87. The van der Waals surface area contributed by atoms with Gasteiger partial charge in [-0.3, -0.25) is 4.90 Å². The Kier molecular flexibility index (Phi) is 4.90. The Morgan fingerprint density at radius 1 is 1.53 bits per heavy atom. The van der Waals surface area contributed by atoms with E-state index in [9.17, 15) is 0 Å². The number of aromatic nitrogens is 1. The molecule has 0 radical (unpaired) electrons. The van der Waals surface area contributed by atoms with Crippen LogP contribution in [0, 0.1) is 0 Å². The lowest BCUT2D eigenvalue weighted by Gasteiger charge is -2.20. The van der Waals surface area contributed by atoms with Crippen LogP contribution in [0.4, 0.5) is 5.13 Å². The van der Waals surface area contributed by atoms with Crippen LogP contribution in [0.2, 0.25) is 0 Å². The number of anilines is 1. The number of nitrogens with two attached hydrogens (primary N) is 1. The Labute approximate surface area is 117 Å². The first-order valence-corrected chi connectivity index (χ1v) is 7.01. The second kappa shape index (κ2) is 6.65. The number of nitrogen functional groups attached to an aromatic ring is 1. The summed E-state index contributed by atoms with van der Waals surface area (Å²) < 4.78 is 6.27. The van der Waals surface area contributed by atoms with E-state index in [1.807, 2.05) is 12.1 Å². The van der Waals surface area contributed by atoms with Gasteiger partial charge in [0.05, 0.1) is 16.8 Å². The lowest BCUT2D eigenvalue weighted by Crippen LogP contribution is -2.27. The van der Waals surface area contributed by atoms with Gasteiger partial charge in [0.25, 0.3) is 0 Å². The predicted molar refractivity (Wildman–Crippen MR) is 81.4 cm³/mol. The van der Waals surface area contributed by atoms with Gasteiger partial charge in [0.1, 0.15) is 0 Å². The maximum absolute atomic E-state index is 5.72. The molecular formula is C14H19N3OS. The number of hydrogen-bond donors (Lipinski definition) is 1. The van der Waals surface area contributed by atoms with Gasteiger partial charge < -0.3 is 10.5 Å². The zero-order valence-corrected chi connectivity index (χ0v) is 11.9. The highest BCUT2D eigenvalue weighted by molar-refractivity contribution is 7.22. The molecule has 2 rings (SSSR count). The molecule has 1 aromatic carbocycles. The molecule has 19 heavy (non-hydrogen) atoms. The Morgan fingerprint density at radius 2 is 2.37 bits per heavy atom. The van der Waals surface area contributed by atoms with Gasteiger partial charge in [0.2, 0.25) is 0 Å². The van der Waals surface area contributed by atoms with Gasteiger partial charge in [0.15, 0.2) is 5.13 Å². The Morgan fingerprint density at radius 3 is 3.11 bits per heavy atom. The second-order valence-corrected chi connectivity index (χ2v) is 5.43. The molecule has 5 heteroatoms. The molecular weight excluding hydrogens is 258 g/mol. The van der Waals surface area contributed by atoms with E-state index in [0.717, 1.165) is 36.5 Å².